The number of nitrogens with zero attached hydrogens (tertiary/aromatic N) is 6. The first-order chi connectivity index (χ1) is 31.3. The van der Waals surface area contributed by atoms with Crippen molar-refractivity contribution in [2.45, 2.75) is 48.3 Å². The van der Waals surface area contributed by atoms with Crippen LogP contribution in [0.3, 0.4) is 0 Å². The molecule has 0 bridgehead atoms. The molecule has 0 amide bonds. The van der Waals surface area contributed by atoms with E-state index in [1.165, 1.54) is 48.8 Å². The average Bonchev–Trinajstić information content (AvgIpc) is 4.06. The van der Waals surface area contributed by atoms with Crippen LogP contribution in [-0.2, 0) is 33.1 Å². The highest BCUT2D eigenvalue weighted by molar-refractivity contribution is 9.11. The van der Waals surface area contributed by atoms with E-state index in [2.05, 4.69) is 67.5 Å². The van der Waals surface area contributed by atoms with Gasteiger partial charge in [-0.1, -0.05) is 51.3 Å². The van der Waals surface area contributed by atoms with Crippen molar-refractivity contribution < 1.29 is 84.9 Å². The third-order valence-corrected chi connectivity index (χ3v) is 11.9. The minimum atomic E-state index is -6.43. The second-order valence-electron chi connectivity index (χ2n) is 13.5. The molecule has 0 saturated carbocycles. The van der Waals surface area contributed by atoms with Crippen LogP contribution in [0.15, 0.2) is 82.3 Å². The van der Waals surface area contributed by atoms with Crippen molar-refractivity contribution in [3.05, 3.63) is 115 Å². The Hall–Kier alpha value is -4.67. The maximum absolute atomic E-state index is 14.8. The number of hydrogen-bond acceptors (Lipinski definition) is 6. The maximum atomic E-state index is 14.8. The van der Waals surface area contributed by atoms with E-state index >= 15 is 0 Å². The number of halogens is 20. The smallest absolute Gasteiger partial charge is 0.437 e. The van der Waals surface area contributed by atoms with Gasteiger partial charge in [0.25, 0.3) is 0 Å². The Labute approximate surface area is 405 Å². The molecule has 30 heteroatoms. The number of rotatable bonds is 10. The molecular weight excluding hydrogens is 1200 g/mol. The topological polar surface area (TPSA) is 98.1 Å². The second-order valence-corrected chi connectivity index (χ2v) is 16.5. The molecule has 0 spiro atoms. The van der Waals surface area contributed by atoms with Gasteiger partial charge in [0.05, 0.1) is 73.6 Å². The monoisotopic (exact) mass is 1220 g/mol. The summed E-state index contributed by atoms with van der Waals surface area (Å²) < 4.78 is 213. The lowest BCUT2D eigenvalue weighted by Gasteiger charge is -2.30. The van der Waals surface area contributed by atoms with Gasteiger partial charge in [-0.2, -0.15) is 62.9 Å². The molecule has 0 radical (unpaired) electrons. The first kappa shape index (κ1) is 54.3. The van der Waals surface area contributed by atoms with Crippen molar-refractivity contribution in [2.24, 2.45) is 0 Å². The summed E-state index contributed by atoms with van der Waals surface area (Å²) in [6.45, 7) is -1.93. The zero-order valence-corrected chi connectivity index (χ0v) is 39.5. The fourth-order valence-corrected chi connectivity index (χ4v) is 8.43. The molecule has 6 aromatic rings. The largest absolute Gasteiger partial charge is 0.465 e. The highest BCUT2D eigenvalue weighted by Gasteiger charge is 2.76. The van der Waals surface area contributed by atoms with E-state index in [-0.39, 0.29) is 47.7 Å². The Bertz CT molecular complexity index is 2640. The molecule has 0 fully saturated rings. The van der Waals surface area contributed by atoms with E-state index in [4.69, 9.17) is 23.2 Å². The zero-order chi connectivity index (χ0) is 51.3. The minimum Gasteiger partial charge on any atom is -0.465 e. The number of ether oxygens (including phenoxy) is 2. The molecule has 68 heavy (non-hydrogen) atoms. The van der Waals surface area contributed by atoms with Crippen molar-refractivity contribution in [3.8, 4) is 33.9 Å². The summed E-state index contributed by atoms with van der Waals surface area (Å²) in [5.74, 6) is -2.44. The van der Waals surface area contributed by atoms with Gasteiger partial charge in [0.2, 0.25) is 0 Å². The Balaban J connectivity index is 0.000000254. The standard InChI is InChI=1S/C19H11Br2ClF7N3O2.C19H11BrClF8N3O2/c1-34-16(33)11-4-9(2-3-13(11)22)10-6-30-32(7-10)15-12(21)5-14(31(15)8-20)17(23,18(24,25)26)19(27,28)29;1-34-16(33)11-4-9(2-3-13(11)21)10-6-30-32(7-10)15-12(20)5-14(31(15)8-22)17(23,18(24,25)26)19(27,28)29/h2*2-7H,8H2,1H3. The lowest BCUT2D eigenvalue weighted by molar-refractivity contribution is -0.351. The van der Waals surface area contributed by atoms with Gasteiger partial charge >= 0.3 is 48.0 Å². The van der Waals surface area contributed by atoms with Crippen LogP contribution in [0.4, 0.5) is 65.9 Å². The SMILES string of the molecule is COC(=O)c1cc(-c2cnn(-c3c(Br)cc(C(F)(C(F)(F)F)C(F)(F)F)n3CBr)c2)ccc1Cl.COC(=O)c1cc(-c2cnn(-c3c(Br)cc(C(F)(C(F)(F)F)C(F)(F)F)n3CF)c2)ccc1Cl. The van der Waals surface area contributed by atoms with Crippen LogP contribution in [0, 0.1) is 0 Å². The number of aromatic nitrogens is 6. The second kappa shape index (κ2) is 19.6. The van der Waals surface area contributed by atoms with Gasteiger partial charge in [-0.3, -0.25) is 4.57 Å². The molecule has 0 N–H and O–H groups in total. The predicted octanol–water partition coefficient (Wildman–Crippen LogP) is 13.9. The Morgan fingerprint density at radius 1 is 0.574 bits per heavy atom. The third-order valence-electron chi connectivity index (χ3n) is 9.56. The summed E-state index contributed by atoms with van der Waals surface area (Å²) in [6, 6.07) is 8.99. The van der Waals surface area contributed by atoms with Gasteiger partial charge < -0.3 is 14.0 Å². The molecule has 0 aliphatic carbocycles. The molecular formula is C38H22Br3Cl2F15N6O4. The van der Waals surface area contributed by atoms with E-state index in [9.17, 15) is 75.4 Å². The summed E-state index contributed by atoms with van der Waals surface area (Å²) in [6.07, 6.45) is -20.7. The van der Waals surface area contributed by atoms with Crippen molar-refractivity contribution in [1.82, 2.24) is 28.7 Å². The number of hydrogen-bond donors (Lipinski definition) is 0. The Kier molecular flexibility index (Phi) is 15.7. The molecule has 0 atom stereocenters. The molecule has 0 aliphatic heterocycles. The van der Waals surface area contributed by atoms with Gasteiger partial charge in [-0.05, 0) is 79.4 Å². The molecule has 2 aromatic carbocycles. The van der Waals surface area contributed by atoms with Crippen LogP contribution in [-0.4, -0.2) is 79.6 Å². The molecule has 4 heterocycles. The first-order valence-corrected chi connectivity index (χ1v) is 21.2. The van der Waals surface area contributed by atoms with Crippen LogP contribution in [0.2, 0.25) is 10.0 Å². The minimum absolute atomic E-state index is 0.0254. The highest BCUT2D eigenvalue weighted by atomic mass is 79.9. The normalized spacial score (nSPS) is 12.8. The van der Waals surface area contributed by atoms with Crippen LogP contribution in [0.25, 0.3) is 33.9 Å². The van der Waals surface area contributed by atoms with E-state index in [0.29, 0.717) is 27.3 Å². The molecule has 368 valence electrons. The van der Waals surface area contributed by atoms with Crippen molar-refractivity contribution in [3.63, 3.8) is 0 Å². The van der Waals surface area contributed by atoms with Gasteiger partial charge in [-0.15, -0.1) is 0 Å². The fourth-order valence-electron chi connectivity index (χ4n) is 6.31. The zero-order valence-electron chi connectivity index (χ0n) is 33.2. The van der Waals surface area contributed by atoms with E-state index in [1.54, 1.807) is 0 Å². The van der Waals surface area contributed by atoms with Crippen molar-refractivity contribution in [2.75, 3.05) is 14.2 Å². The summed E-state index contributed by atoms with van der Waals surface area (Å²) >= 11 is 20.4. The van der Waals surface area contributed by atoms with Gasteiger partial charge in [-0.25, -0.2) is 32.1 Å². The number of carbonyl (C=O) groups is 2. The molecule has 0 unspecified atom stereocenters. The van der Waals surface area contributed by atoms with E-state index < -0.39 is 81.9 Å². The molecule has 0 saturated heterocycles. The first-order valence-electron chi connectivity index (χ1n) is 17.8. The van der Waals surface area contributed by atoms with E-state index in [1.807, 2.05) is 0 Å². The van der Waals surface area contributed by atoms with Gasteiger partial charge in [0.1, 0.15) is 5.82 Å². The van der Waals surface area contributed by atoms with Crippen LogP contribution < -0.4 is 0 Å². The lowest BCUT2D eigenvalue weighted by atomic mass is 10.0. The van der Waals surface area contributed by atoms with Crippen LogP contribution in [0.5, 0.6) is 0 Å². The molecule has 6 rings (SSSR count). The molecule has 10 nitrogen and oxygen atoms in total. The lowest BCUT2D eigenvalue weighted by Crippen LogP contribution is -2.51. The maximum Gasteiger partial charge on any atom is 0.437 e. The van der Waals surface area contributed by atoms with Gasteiger partial charge in [0, 0.05) is 23.5 Å². The Morgan fingerprint density at radius 2 is 0.912 bits per heavy atom. The Morgan fingerprint density at radius 3 is 1.22 bits per heavy atom. The molecule has 0 aliphatic rings. The van der Waals surface area contributed by atoms with Crippen molar-refractivity contribution >= 4 is 82.9 Å². The summed E-state index contributed by atoms with van der Waals surface area (Å²) in [7, 11) is 2.27. The van der Waals surface area contributed by atoms with Crippen LogP contribution in [0.1, 0.15) is 32.1 Å². The fraction of sp³-hybridized carbons (Fsp3) is 0.263. The number of alkyl halides is 16. The van der Waals surface area contributed by atoms with Crippen LogP contribution >= 0.6 is 71.0 Å². The predicted molar refractivity (Wildman–Crippen MR) is 222 cm³/mol. The number of carbonyl (C=O) groups excluding carboxylic acids is 2. The summed E-state index contributed by atoms with van der Waals surface area (Å²) in [5, 5.41) is 7.97. The highest BCUT2D eigenvalue weighted by Crippen LogP contribution is 2.56. The molecule has 4 aromatic heterocycles. The van der Waals surface area contributed by atoms with Crippen molar-refractivity contribution in [1.29, 1.82) is 0 Å². The third kappa shape index (κ3) is 9.75. The summed E-state index contributed by atoms with van der Waals surface area (Å²) in [5.41, 5.74) is -14.6. The average molecular weight is 1220 g/mol. The van der Waals surface area contributed by atoms with Gasteiger partial charge in [0.15, 0.2) is 12.6 Å². The summed E-state index contributed by atoms with van der Waals surface area (Å²) in [4.78, 5) is 23.7. The number of methoxy groups -OCH3 is 2. The number of esters is 2. The number of benzene rings is 2. The quantitative estimate of drug-likeness (QED) is 0.0770. The van der Waals surface area contributed by atoms with E-state index in [0.717, 1.165) is 36.0 Å².